The fourth-order valence-corrected chi connectivity index (χ4v) is 2.87. The van der Waals surface area contributed by atoms with Crippen molar-refractivity contribution in [2.24, 2.45) is 11.7 Å². The van der Waals surface area contributed by atoms with Gasteiger partial charge in [-0.25, -0.2) is 0 Å². The summed E-state index contributed by atoms with van der Waals surface area (Å²) in [5, 5.41) is 9.96. The number of aryl methyl sites for hydroxylation is 1. The van der Waals surface area contributed by atoms with Crippen molar-refractivity contribution in [3.63, 3.8) is 0 Å². The third-order valence-electron chi connectivity index (χ3n) is 4.29. The van der Waals surface area contributed by atoms with E-state index in [0.29, 0.717) is 12.2 Å². The van der Waals surface area contributed by atoms with Crippen LogP contribution in [0.25, 0.3) is 0 Å². The maximum atomic E-state index is 9.96. The summed E-state index contributed by atoms with van der Waals surface area (Å²) < 4.78 is 0. The van der Waals surface area contributed by atoms with E-state index < -0.39 is 0 Å². The normalized spacial score (nSPS) is 21.3. The van der Waals surface area contributed by atoms with Gasteiger partial charge in [-0.15, -0.1) is 0 Å². The number of aromatic hydroxyl groups is 1. The Hall–Kier alpha value is -1.06. The predicted molar refractivity (Wildman–Crippen MR) is 79.1 cm³/mol. The minimum Gasteiger partial charge on any atom is -0.508 e. The topological polar surface area (TPSA) is 49.5 Å². The van der Waals surface area contributed by atoms with Gasteiger partial charge in [-0.3, -0.25) is 4.90 Å². The van der Waals surface area contributed by atoms with Crippen molar-refractivity contribution < 1.29 is 5.11 Å². The number of benzene rings is 1. The third kappa shape index (κ3) is 3.48. The molecule has 1 heterocycles. The number of nitrogens with zero attached hydrogens (tertiary/aromatic N) is 1. The summed E-state index contributed by atoms with van der Waals surface area (Å²) in [6.07, 6.45) is 3.12. The molecule has 1 aromatic rings. The molecule has 1 aliphatic rings. The van der Waals surface area contributed by atoms with Crippen molar-refractivity contribution in [3.8, 4) is 5.75 Å². The summed E-state index contributed by atoms with van der Waals surface area (Å²) in [5.41, 5.74) is 8.23. The molecule has 0 radical (unpaired) electrons. The minimum atomic E-state index is -0.384. The molecule has 106 valence electrons. The Balaban J connectivity index is 2.09. The Bertz CT molecular complexity index is 434. The minimum absolute atomic E-state index is 0.354. The average Bonchev–Trinajstić information content (AvgIpc) is 2.34. The molecule has 1 aromatic carbocycles. The van der Waals surface area contributed by atoms with Gasteiger partial charge in [0.25, 0.3) is 0 Å². The van der Waals surface area contributed by atoms with Crippen molar-refractivity contribution in [1.29, 1.82) is 0 Å². The second-order valence-electron chi connectivity index (χ2n) is 6.34. The highest BCUT2D eigenvalue weighted by Gasteiger charge is 2.31. The highest BCUT2D eigenvalue weighted by molar-refractivity contribution is 5.36. The molecule has 3 nitrogen and oxygen atoms in total. The lowest BCUT2D eigenvalue weighted by Gasteiger charge is -2.42. The summed E-state index contributed by atoms with van der Waals surface area (Å²) in [5.74, 6) is 1.16. The van der Waals surface area contributed by atoms with Crippen molar-refractivity contribution in [1.82, 2.24) is 4.90 Å². The zero-order valence-electron chi connectivity index (χ0n) is 12.3. The van der Waals surface area contributed by atoms with Gasteiger partial charge in [0, 0.05) is 19.5 Å². The summed E-state index contributed by atoms with van der Waals surface area (Å²) >= 11 is 0. The molecule has 3 N–H and O–H groups in total. The second-order valence-corrected chi connectivity index (χ2v) is 6.34. The van der Waals surface area contributed by atoms with E-state index in [1.54, 1.807) is 6.07 Å². The molecule has 0 saturated carbocycles. The van der Waals surface area contributed by atoms with E-state index in [4.69, 9.17) is 5.73 Å². The van der Waals surface area contributed by atoms with Crippen LogP contribution in [0.3, 0.4) is 0 Å². The molecule has 1 unspecified atom stereocenters. The first-order valence-electron chi connectivity index (χ1n) is 7.21. The summed E-state index contributed by atoms with van der Waals surface area (Å²) in [6.45, 7) is 8.53. The Morgan fingerprint density at radius 3 is 2.63 bits per heavy atom. The van der Waals surface area contributed by atoms with Gasteiger partial charge in [-0.05, 0) is 44.2 Å². The van der Waals surface area contributed by atoms with Crippen molar-refractivity contribution in [2.45, 2.75) is 45.7 Å². The Morgan fingerprint density at radius 1 is 1.37 bits per heavy atom. The number of phenols is 1. The number of phenolic OH excluding ortho intramolecular Hbond substituents is 1. The summed E-state index contributed by atoms with van der Waals surface area (Å²) in [6, 6.07) is 5.72. The molecule has 1 fully saturated rings. The van der Waals surface area contributed by atoms with Crippen LogP contribution in [-0.4, -0.2) is 28.8 Å². The van der Waals surface area contributed by atoms with Crippen LogP contribution in [0.15, 0.2) is 18.2 Å². The molecular weight excluding hydrogens is 236 g/mol. The molecule has 19 heavy (non-hydrogen) atoms. The van der Waals surface area contributed by atoms with E-state index in [-0.39, 0.29) is 5.66 Å². The first-order chi connectivity index (χ1) is 8.88. The maximum Gasteiger partial charge on any atom is 0.118 e. The fraction of sp³-hybridized carbons (Fsp3) is 0.625. The quantitative estimate of drug-likeness (QED) is 0.880. The monoisotopic (exact) mass is 262 g/mol. The molecule has 0 amide bonds. The lowest BCUT2D eigenvalue weighted by molar-refractivity contribution is 0.0690. The van der Waals surface area contributed by atoms with Gasteiger partial charge < -0.3 is 10.8 Å². The number of rotatable bonds is 3. The van der Waals surface area contributed by atoms with Crippen LogP contribution in [0, 0.1) is 12.8 Å². The zero-order valence-corrected chi connectivity index (χ0v) is 12.3. The smallest absolute Gasteiger partial charge is 0.118 e. The third-order valence-corrected chi connectivity index (χ3v) is 4.29. The van der Waals surface area contributed by atoms with Crippen LogP contribution in [0.5, 0.6) is 5.75 Å². The lowest BCUT2D eigenvalue weighted by atomic mass is 9.93. The molecule has 0 aromatic heterocycles. The highest BCUT2D eigenvalue weighted by Crippen LogP contribution is 2.27. The van der Waals surface area contributed by atoms with Gasteiger partial charge in [0.15, 0.2) is 0 Å². The Labute approximate surface area is 116 Å². The standard InChI is InChI=1S/C16H26N2O/c1-12-6-8-18(9-7-12)16(3,17)11-14-10-13(2)4-5-15(14)19/h4-5,10,12,19H,6-9,11,17H2,1-3H3. The fourth-order valence-electron chi connectivity index (χ4n) is 2.87. The van der Waals surface area contributed by atoms with E-state index in [1.807, 2.05) is 19.1 Å². The van der Waals surface area contributed by atoms with Crippen LogP contribution in [0.2, 0.25) is 0 Å². The molecule has 1 aliphatic heterocycles. The van der Waals surface area contributed by atoms with Crippen LogP contribution >= 0.6 is 0 Å². The van der Waals surface area contributed by atoms with Crippen LogP contribution in [0.1, 0.15) is 37.8 Å². The molecule has 3 heteroatoms. The SMILES string of the molecule is Cc1ccc(O)c(CC(C)(N)N2CCC(C)CC2)c1. The second kappa shape index (κ2) is 5.51. The Kier molecular flexibility index (Phi) is 4.16. The van der Waals surface area contributed by atoms with Gasteiger partial charge >= 0.3 is 0 Å². The van der Waals surface area contributed by atoms with Crippen LogP contribution in [0.4, 0.5) is 0 Å². The molecule has 0 bridgehead atoms. The molecule has 0 spiro atoms. The van der Waals surface area contributed by atoms with Crippen molar-refractivity contribution in [3.05, 3.63) is 29.3 Å². The Morgan fingerprint density at radius 2 is 2.00 bits per heavy atom. The zero-order chi connectivity index (χ0) is 14.0. The van der Waals surface area contributed by atoms with Gasteiger partial charge in [-0.2, -0.15) is 0 Å². The van der Waals surface area contributed by atoms with Gasteiger partial charge in [0.2, 0.25) is 0 Å². The molecule has 0 aliphatic carbocycles. The largest absolute Gasteiger partial charge is 0.508 e. The van der Waals surface area contributed by atoms with Crippen LogP contribution < -0.4 is 5.73 Å². The van der Waals surface area contributed by atoms with E-state index in [0.717, 1.165) is 30.1 Å². The number of hydrogen-bond acceptors (Lipinski definition) is 3. The number of likely N-dealkylation sites (tertiary alicyclic amines) is 1. The van der Waals surface area contributed by atoms with Crippen molar-refractivity contribution in [2.75, 3.05) is 13.1 Å². The van der Waals surface area contributed by atoms with E-state index in [1.165, 1.54) is 12.8 Å². The number of hydrogen-bond donors (Lipinski definition) is 2. The summed E-state index contributed by atoms with van der Waals surface area (Å²) in [4.78, 5) is 2.36. The van der Waals surface area contributed by atoms with Gasteiger partial charge in [0.05, 0.1) is 5.66 Å². The van der Waals surface area contributed by atoms with Gasteiger partial charge in [-0.1, -0.05) is 24.6 Å². The number of nitrogens with two attached hydrogens (primary N) is 1. The lowest BCUT2D eigenvalue weighted by Crippen LogP contribution is -2.57. The molecule has 2 rings (SSSR count). The van der Waals surface area contributed by atoms with Crippen molar-refractivity contribution >= 4 is 0 Å². The predicted octanol–water partition coefficient (Wildman–Crippen LogP) is 2.65. The van der Waals surface area contributed by atoms with Gasteiger partial charge in [0.1, 0.15) is 5.75 Å². The first-order valence-corrected chi connectivity index (χ1v) is 7.21. The van der Waals surface area contributed by atoms with E-state index in [2.05, 4.69) is 18.7 Å². The molecule has 1 atom stereocenters. The summed E-state index contributed by atoms with van der Waals surface area (Å²) in [7, 11) is 0. The van der Waals surface area contributed by atoms with E-state index >= 15 is 0 Å². The highest BCUT2D eigenvalue weighted by atomic mass is 16.3. The average molecular weight is 262 g/mol. The van der Waals surface area contributed by atoms with E-state index in [9.17, 15) is 5.11 Å². The number of piperidine rings is 1. The molecular formula is C16H26N2O. The molecule has 1 saturated heterocycles. The maximum absolute atomic E-state index is 9.96. The first kappa shape index (κ1) is 14.4. The van der Waals surface area contributed by atoms with Crippen LogP contribution in [-0.2, 0) is 6.42 Å².